The van der Waals surface area contributed by atoms with Crippen molar-refractivity contribution in [2.45, 2.75) is 18.8 Å². The molecule has 112 valence electrons. The van der Waals surface area contributed by atoms with Gasteiger partial charge < -0.3 is 4.90 Å². The van der Waals surface area contributed by atoms with Crippen molar-refractivity contribution in [1.29, 1.82) is 0 Å². The number of benzene rings is 1. The highest BCUT2D eigenvalue weighted by Crippen LogP contribution is 2.32. The standard InChI is InChI=1S/C17H19N5/c1-21-17-16(18-9-10-19-17)15(20-21)13-7-11-22(12-8-13)14-5-3-2-4-6-14/h2-6,9-10,13H,7-8,11-12H2,1H3. The van der Waals surface area contributed by atoms with Gasteiger partial charge >= 0.3 is 0 Å². The van der Waals surface area contributed by atoms with E-state index >= 15 is 0 Å². The summed E-state index contributed by atoms with van der Waals surface area (Å²) in [6.45, 7) is 2.13. The zero-order chi connectivity index (χ0) is 14.9. The van der Waals surface area contributed by atoms with Gasteiger partial charge in [0.15, 0.2) is 5.65 Å². The van der Waals surface area contributed by atoms with Crippen molar-refractivity contribution >= 4 is 16.9 Å². The van der Waals surface area contributed by atoms with Crippen LogP contribution in [0.4, 0.5) is 5.69 Å². The number of hydrogen-bond donors (Lipinski definition) is 0. The molecule has 0 unspecified atom stereocenters. The fourth-order valence-corrected chi connectivity index (χ4v) is 3.33. The van der Waals surface area contributed by atoms with E-state index in [1.54, 1.807) is 12.4 Å². The van der Waals surface area contributed by atoms with E-state index in [-0.39, 0.29) is 0 Å². The summed E-state index contributed by atoms with van der Waals surface area (Å²) in [6, 6.07) is 10.6. The molecule has 4 rings (SSSR count). The van der Waals surface area contributed by atoms with Gasteiger partial charge in [-0.15, -0.1) is 0 Å². The summed E-state index contributed by atoms with van der Waals surface area (Å²) in [5.41, 5.74) is 4.26. The number of nitrogens with zero attached hydrogens (tertiary/aromatic N) is 5. The lowest BCUT2D eigenvalue weighted by Crippen LogP contribution is -2.33. The monoisotopic (exact) mass is 293 g/mol. The van der Waals surface area contributed by atoms with Gasteiger partial charge in [-0.1, -0.05) is 18.2 Å². The molecule has 1 fully saturated rings. The van der Waals surface area contributed by atoms with Crippen molar-refractivity contribution in [2.24, 2.45) is 7.05 Å². The molecule has 0 bridgehead atoms. The Labute approximate surface area is 129 Å². The van der Waals surface area contributed by atoms with Crippen molar-refractivity contribution in [1.82, 2.24) is 19.7 Å². The van der Waals surface area contributed by atoms with E-state index in [0.29, 0.717) is 5.92 Å². The number of anilines is 1. The Morgan fingerprint density at radius 3 is 2.50 bits per heavy atom. The average Bonchev–Trinajstić information content (AvgIpc) is 2.93. The number of aromatic nitrogens is 4. The topological polar surface area (TPSA) is 46.8 Å². The number of piperidine rings is 1. The molecule has 1 aliphatic heterocycles. The Kier molecular flexibility index (Phi) is 3.25. The molecular formula is C17H19N5. The van der Waals surface area contributed by atoms with Crippen LogP contribution in [0.2, 0.25) is 0 Å². The minimum absolute atomic E-state index is 0.473. The van der Waals surface area contributed by atoms with Crippen LogP contribution in [0.15, 0.2) is 42.7 Å². The van der Waals surface area contributed by atoms with Gasteiger partial charge in [0.25, 0.3) is 0 Å². The fourth-order valence-electron chi connectivity index (χ4n) is 3.33. The second-order valence-electron chi connectivity index (χ2n) is 5.83. The van der Waals surface area contributed by atoms with Crippen molar-refractivity contribution < 1.29 is 0 Å². The zero-order valence-corrected chi connectivity index (χ0v) is 12.7. The third-order valence-corrected chi connectivity index (χ3v) is 4.49. The maximum Gasteiger partial charge on any atom is 0.176 e. The highest BCUT2D eigenvalue weighted by molar-refractivity contribution is 5.73. The summed E-state index contributed by atoms with van der Waals surface area (Å²) in [7, 11) is 1.94. The first kappa shape index (κ1) is 13.2. The van der Waals surface area contributed by atoms with Crippen LogP contribution in [-0.4, -0.2) is 32.8 Å². The Balaban J connectivity index is 1.56. The quantitative estimate of drug-likeness (QED) is 0.729. The molecule has 2 aromatic heterocycles. The predicted octanol–water partition coefficient (Wildman–Crippen LogP) is 2.75. The molecule has 3 aromatic rings. The van der Waals surface area contributed by atoms with Crippen molar-refractivity contribution in [3.8, 4) is 0 Å². The first-order chi connectivity index (χ1) is 10.8. The molecule has 0 saturated carbocycles. The summed E-state index contributed by atoms with van der Waals surface area (Å²) < 4.78 is 1.85. The molecule has 22 heavy (non-hydrogen) atoms. The zero-order valence-electron chi connectivity index (χ0n) is 12.7. The lowest BCUT2D eigenvalue weighted by atomic mass is 9.93. The molecule has 0 radical (unpaired) electrons. The molecule has 0 amide bonds. The normalized spacial score (nSPS) is 16.3. The van der Waals surface area contributed by atoms with E-state index in [9.17, 15) is 0 Å². The van der Waals surface area contributed by atoms with Crippen LogP contribution in [0.3, 0.4) is 0 Å². The second-order valence-corrected chi connectivity index (χ2v) is 5.83. The van der Waals surface area contributed by atoms with Crippen LogP contribution < -0.4 is 4.90 Å². The number of para-hydroxylation sites is 1. The van der Waals surface area contributed by atoms with Crippen LogP contribution in [0.5, 0.6) is 0 Å². The average molecular weight is 293 g/mol. The van der Waals surface area contributed by atoms with Gasteiger partial charge in [-0.05, 0) is 25.0 Å². The van der Waals surface area contributed by atoms with E-state index in [0.717, 1.165) is 42.8 Å². The highest BCUT2D eigenvalue weighted by Gasteiger charge is 2.25. The van der Waals surface area contributed by atoms with Gasteiger partial charge in [0.2, 0.25) is 0 Å². The van der Waals surface area contributed by atoms with Crippen LogP contribution in [0.1, 0.15) is 24.5 Å². The lowest BCUT2D eigenvalue weighted by Gasteiger charge is -2.33. The molecule has 3 heterocycles. The first-order valence-electron chi connectivity index (χ1n) is 7.76. The fraction of sp³-hybridized carbons (Fsp3) is 0.353. The second kappa shape index (κ2) is 5.40. The molecule has 1 aliphatic rings. The number of hydrogen-bond acceptors (Lipinski definition) is 4. The summed E-state index contributed by atoms with van der Waals surface area (Å²) >= 11 is 0. The van der Waals surface area contributed by atoms with Crippen LogP contribution >= 0.6 is 0 Å². The van der Waals surface area contributed by atoms with Gasteiger partial charge in [0.1, 0.15) is 5.52 Å². The summed E-state index contributed by atoms with van der Waals surface area (Å²) in [6.07, 6.45) is 5.70. The molecule has 0 aliphatic carbocycles. The Morgan fingerprint density at radius 2 is 1.73 bits per heavy atom. The smallest absolute Gasteiger partial charge is 0.176 e. The Hall–Kier alpha value is -2.43. The molecule has 1 aromatic carbocycles. The van der Waals surface area contributed by atoms with E-state index in [2.05, 4.69) is 50.3 Å². The minimum atomic E-state index is 0.473. The maximum atomic E-state index is 4.68. The highest BCUT2D eigenvalue weighted by atomic mass is 15.3. The van der Waals surface area contributed by atoms with Gasteiger partial charge in [0.05, 0.1) is 5.69 Å². The van der Waals surface area contributed by atoms with Crippen molar-refractivity contribution in [3.63, 3.8) is 0 Å². The number of aryl methyl sites for hydroxylation is 1. The van der Waals surface area contributed by atoms with Crippen LogP contribution in [0, 0.1) is 0 Å². The summed E-state index contributed by atoms with van der Waals surface area (Å²) in [4.78, 5) is 11.3. The maximum absolute atomic E-state index is 4.68. The van der Waals surface area contributed by atoms with Gasteiger partial charge in [-0.2, -0.15) is 5.10 Å². The third kappa shape index (κ3) is 2.22. The molecular weight excluding hydrogens is 274 g/mol. The molecule has 0 spiro atoms. The lowest BCUT2D eigenvalue weighted by molar-refractivity contribution is 0.493. The van der Waals surface area contributed by atoms with E-state index in [1.165, 1.54) is 5.69 Å². The van der Waals surface area contributed by atoms with Crippen molar-refractivity contribution in [3.05, 3.63) is 48.4 Å². The Bertz CT molecular complexity index is 772. The van der Waals surface area contributed by atoms with E-state index < -0.39 is 0 Å². The van der Waals surface area contributed by atoms with Crippen LogP contribution in [0.25, 0.3) is 11.2 Å². The molecule has 0 atom stereocenters. The predicted molar refractivity (Wildman–Crippen MR) is 86.9 cm³/mol. The molecule has 1 saturated heterocycles. The van der Waals surface area contributed by atoms with E-state index in [4.69, 9.17) is 0 Å². The van der Waals surface area contributed by atoms with Gasteiger partial charge in [-0.25, -0.2) is 14.6 Å². The van der Waals surface area contributed by atoms with Gasteiger partial charge in [0, 0.05) is 44.1 Å². The first-order valence-corrected chi connectivity index (χ1v) is 7.76. The van der Waals surface area contributed by atoms with Gasteiger partial charge in [-0.3, -0.25) is 0 Å². The molecule has 5 heteroatoms. The molecule has 5 nitrogen and oxygen atoms in total. The van der Waals surface area contributed by atoms with Crippen molar-refractivity contribution in [2.75, 3.05) is 18.0 Å². The van der Waals surface area contributed by atoms with Crippen LogP contribution in [-0.2, 0) is 7.05 Å². The molecule has 0 N–H and O–H groups in total. The summed E-state index contributed by atoms with van der Waals surface area (Å²) in [5, 5.41) is 4.68. The number of rotatable bonds is 2. The third-order valence-electron chi connectivity index (χ3n) is 4.49. The Morgan fingerprint density at radius 1 is 1.00 bits per heavy atom. The summed E-state index contributed by atoms with van der Waals surface area (Å²) in [5.74, 6) is 0.473. The largest absolute Gasteiger partial charge is 0.371 e. The minimum Gasteiger partial charge on any atom is -0.371 e. The number of fused-ring (bicyclic) bond motifs is 1. The van der Waals surface area contributed by atoms with E-state index in [1.807, 2.05) is 11.7 Å². The SMILES string of the molecule is Cn1nc(C2CCN(c3ccccc3)CC2)c2nccnc21.